The van der Waals surface area contributed by atoms with E-state index in [1.54, 1.807) is 41.5 Å². The first kappa shape index (κ1) is 71.3. The molecule has 2 atom stereocenters. The molecule has 0 saturated heterocycles. The van der Waals surface area contributed by atoms with Gasteiger partial charge in [0.05, 0.1) is 63.8 Å². The minimum atomic E-state index is -4.94. The van der Waals surface area contributed by atoms with Crippen molar-refractivity contribution in [1.82, 2.24) is 19.9 Å². The van der Waals surface area contributed by atoms with Crippen LogP contribution in [0.3, 0.4) is 0 Å². The first-order valence-corrected chi connectivity index (χ1v) is 28.9. The van der Waals surface area contributed by atoms with Crippen molar-refractivity contribution in [1.29, 1.82) is 0 Å². The number of sulfonamides is 2. The first-order valence-electron chi connectivity index (χ1n) is 23.6. The molecule has 35 heteroatoms. The van der Waals surface area contributed by atoms with Gasteiger partial charge in [-0.05, 0) is 102 Å². The van der Waals surface area contributed by atoms with Gasteiger partial charge < -0.3 is 29.2 Å². The molecule has 22 nitrogen and oxygen atoms in total. The molecular formula is C50H50Cl4F6MnN8O14S2. The number of anilines is 4. The fourth-order valence-corrected chi connectivity index (χ4v) is 10.6. The van der Waals surface area contributed by atoms with Crippen LogP contribution in [-0.4, -0.2) is 98.1 Å². The van der Waals surface area contributed by atoms with Gasteiger partial charge in [0.1, 0.15) is 48.5 Å². The van der Waals surface area contributed by atoms with Crippen molar-refractivity contribution in [3.05, 3.63) is 151 Å². The number of benzene rings is 2. The van der Waals surface area contributed by atoms with E-state index in [0.29, 0.717) is 20.7 Å². The van der Waals surface area contributed by atoms with E-state index in [2.05, 4.69) is 30.6 Å². The standard InChI is InChI=1S/2C25H25Cl2F3N4O6S.Mn.2O/c2*1-24(2,3)40-23(36)33-22-16(6-5-9-31-22)21(35)20-19(10-14(26)12-32-20)34(13-39-4)41(37,38)15-7-8-18(27)17(11-15)25(28,29)30;;;/h2*5-12,21,35H,13H2,1-4H3,(H,31,33,36);;;. The number of alkyl halides is 6. The van der Waals surface area contributed by atoms with E-state index in [1.165, 1.54) is 36.7 Å². The van der Waals surface area contributed by atoms with Crippen LogP contribution in [0.5, 0.6) is 0 Å². The molecule has 0 aliphatic heterocycles. The Labute approximate surface area is 508 Å². The Bertz CT molecular complexity index is 3410. The number of ether oxygens (including phenoxy) is 4. The number of aliphatic hydroxyl groups excluding tert-OH is 2. The van der Waals surface area contributed by atoms with E-state index in [-0.39, 0.29) is 55.6 Å². The van der Waals surface area contributed by atoms with Gasteiger partial charge in [0.25, 0.3) is 20.0 Å². The summed E-state index contributed by atoms with van der Waals surface area (Å²) in [5.74, 6) is -0.240. The molecule has 6 rings (SSSR count). The molecule has 4 N–H and O–H groups in total. The summed E-state index contributed by atoms with van der Waals surface area (Å²) in [5.41, 5.74) is -5.64. The van der Waals surface area contributed by atoms with Gasteiger partial charge in [-0.3, -0.25) is 20.6 Å². The second-order valence-electron chi connectivity index (χ2n) is 18.9. The third-order valence-corrected chi connectivity index (χ3v) is 15.0. The fourth-order valence-electron chi connectivity index (χ4n) is 7.07. The zero-order valence-corrected chi connectivity index (χ0v) is 51.1. The van der Waals surface area contributed by atoms with Crippen molar-refractivity contribution in [3.8, 4) is 0 Å². The summed E-state index contributed by atoms with van der Waals surface area (Å²) in [5, 5.41) is 26.1. The Hall–Kier alpha value is -6.22. The van der Waals surface area contributed by atoms with Crippen LogP contribution in [0.4, 0.5) is 58.9 Å². The number of nitrogens with zero attached hydrogens (tertiary/aromatic N) is 6. The second-order valence-corrected chi connectivity index (χ2v) is 24.6. The van der Waals surface area contributed by atoms with Crippen molar-refractivity contribution >= 4 is 102 Å². The summed E-state index contributed by atoms with van der Waals surface area (Å²) < 4.78 is 174. The summed E-state index contributed by atoms with van der Waals surface area (Å²) in [6.45, 7) is 8.47. The van der Waals surface area contributed by atoms with Gasteiger partial charge in [-0.2, -0.15) is 26.3 Å². The van der Waals surface area contributed by atoms with Crippen molar-refractivity contribution < 1.29 is 104 Å². The molecule has 0 spiro atoms. The fraction of sp³-hybridized carbons (Fsp3) is 0.320. The van der Waals surface area contributed by atoms with Gasteiger partial charge in [0, 0.05) is 50.1 Å². The van der Waals surface area contributed by atoms with E-state index >= 15 is 0 Å². The Morgan fingerprint density at radius 2 is 0.918 bits per heavy atom. The van der Waals surface area contributed by atoms with Crippen molar-refractivity contribution in [2.45, 2.75) is 87.1 Å². The van der Waals surface area contributed by atoms with Crippen LogP contribution < -0.4 is 19.2 Å². The SMILES string of the molecule is COCN(c1cc(Cl)cnc1C(O)c1cccnc1NC(=O)OC(C)(C)C)S(=O)(=O)c1ccc(Cl)c(C(F)(F)F)c1.COCN(c1cc(Cl)cnc1C(O)c1cccnc1NC(=O)OC(C)(C)C)S(=O)(=O)c1ccc(Cl)c(C(F)(F)F)c1.[O]=[Mn]=[O]. The number of pyridine rings is 4. The summed E-state index contributed by atoms with van der Waals surface area (Å²) in [4.78, 5) is 39.5. The van der Waals surface area contributed by atoms with E-state index in [1.807, 2.05) is 0 Å². The van der Waals surface area contributed by atoms with E-state index in [9.17, 15) is 63.0 Å². The van der Waals surface area contributed by atoms with Crippen LogP contribution in [0, 0.1) is 0 Å². The topological polar surface area (TPSA) is 296 Å². The van der Waals surface area contributed by atoms with E-state index in [4.69, 9.17) is 73.0 Å². The van der Waals surface area contributed by atoms with Crippen molar-refractivity contribution in [3.63, 3.8) is 0 Å². The normalized spacial score (nSPS) is 12.7. The molecule has 0 bridgehead atoms. The molecule has 0 radical (unpaired) electrons. The zero-order chi connectivity index (χ0) is 64.2. The quantitative estimate of drug-likeness (QED) is 0.0398. The van der Waals surface area contributed by atoms with Crippen LogP contribution in [0.1, 0.15) is 87.4 Å². The summed E-state index contributed by atoms with van der Waals surface area (Å²) in [6.07, 6.45) is -10.1. The molecule has 4 heterocycles. The van der Waals surface area contributed by atoms with Crippen LogP contribution in [0.25, 0.3) is 0 Å². The zero-order valence-electron chi connectivity index (χ0n) is 45.3. The number of rotatable bonds is 16. The number of hydrogen-bond donors (Lipinski definition) is 4. The van der Waals surface area contributed by atoms with E-state index in [0.717, 1.165) is 63.0 Å². The monoisotopic (exact) mass is 1360 g/mol. The number of aliphatic hydroxyl groups is 2. The van der Waals surface area contributed by atoms with Crippen LogP contribution in [0.15, 0.2) is 107 Å². The number of nitrogens with one attached hydrogen (secondary N) is 2. The van der Waals surface area contributed by atoms with Gasteiger partial charge in [-0.15, -0.1) is 0 Å². The molecule has 2 amide bonds. The second kappa shape index (κ2) is 29.4. The third kappa shape index (κ3) is 19.4. The Kier molecular flexibility index (Phi) is 24.7. The number of amides is 2. The van der Waals surface area contributed by atoms with Crippen LogP contribution >= 0.6 is 46.4 Å². The average Bonchev–Trinajstić information content (AvgIpc) is 1.44. The van der Waals surface area contributed by atoms with Gasteiger partial charge in [-0.25, -0.2) is 45.0 Å². The predicted octanol–water partition coefficient (Wildman–Crippen LogP) is 11.8. The average molecular weight is 1360 g/mol. The molecule has 0 aliphatic carbocycles. The number of hydrogen-bond acceptors (Lipinski definition) is 18. The van der Waals surface area contributed by atoms with Gasteiger partial charge in [-0.1, -0.05) is 58.5 Å². The maximum atomic E-state index is 13.7. The van der Waals surface area contributed by atoms with Crippen molar-refractivity contribution in [2.75, 3.05) is 46.9 Å². The number of halogens is 10. The molecule has 85 heavy (non-hydrogen) atoms. The Morgan fingerprint density at radius 1 is 0.588 bits per heavy atom. The summed E-state index contributed by atoms with van der Waals surface area (Å²) >= 11 is 22.1. The van der Waals surface area contributed by atoms with Gasteiger partial charge in [0.15, 0.2) is 0 Å². The van der Waals surface area contributed by atoms with Crippen LogP contribution in [0.2, 0.25) is 20.1 Å². The molecule has 2 unspecified atom stereocenters. The van der Waals surface area contributed by atoms with Crippen LogP contribution in [-0.2, 0) is 73.8 Å². The molecule has 463 valence electrons. The molecular weight excluding hydrogens is 1310 g/mol. The number of carbonyl (C=O) groups excluding carboxylic acids is 2. The molecule has 6 aromatic rings. The Morgan fingerprint density at radius 3 is 1.21 bits per heavy atom. The molecule has 0 aliphatic rings. The number of aromatic nitrogens is 4. The van der Waals surface area contributed by atoms with Gasteiger partial charge in [0.2, 0.25) is 0 Å². The molecule has 2 aromatic carbocycles. The molecule has 0 saturated carbocycles. The maximum absolute atomic E-state index is 13.7. The number of carbonyl (C=O) groups is 2. The van der Waals surface area contributed by atoms with Crippen molar-refractivity contribution in [2.24, 2.45) is 0 Å². The third-order valence-electron chi connectivity index (χ3n) is 10.4. The van der Waals surface area contributed by atoms with Gasteiger partial charge >= 0.3 is 47.0 Å². The molecule has 4 aromatic heterocycles. The van der Waals surface area contributed by atoms with E-state index < -0.39 is 127 Å². The minimum absolute atomic E-state index is 0.00459. The first-order chi connectivity index (χ1) is 39.3. The Balaban J connectivity index is 0.000000348. The number of methoxy groups -OCH3 is 2. The predicted molar refractivity (Wildman–Crippen MR) is 292 cm³/mol. The summed E-state index contributed by atoms with van der Waals surface area (Å²) in [6, 6.07) is 12.1. The summed E-state index contributed by atoms with van der Waals surface area (Å²) in [7, 11) is -7.26. The molecule has 0 fully saturated rings.